The van der Waals surface area contributed by atoms with Gasteiger partial charge in [-0.1, -0.05) is 15.9 Å². The average Bonchev–Trinajstić information content (AvgIpc) is 2.17. The van der Waals surface area contributed by atoms with Crippen molar-refractivity contribution in [1.82, 2.24) is 0 Å². The van der Waals surface area contributed by atoms with Crippen LogP contribution in [0.1, 0.15) is 23.6 Å². The SMILES string of the molecule is Cl.N[C@H]1CCOc2c1cc(Br)cc2C(F)(F)F. The highest BCUT2D eigenvalue weighted by atomic mass is 79.9. The molecule has 0 aliphatic carbocycles. The van der Waals surface area contributed by atoms with Crippen molar-refractivity contribution in [2.75, 3.05) is 6.61 Å². The summed E-state index contributed by atoms with van der Waals surface area (Å²) in [6.07, 6.45) is -3.90. The normalized spacial score (nSPS) is 19.0. The molecule has 0 saturated heterocycles. The van der Waals surface area contributed by atoms with Crippen molar-refractivity contribution < 1.29 is 17.9 Å². The highest BCUT2D eigenvalue weighted by molar-refractivity contribution is 9.10. The Morgan fingerprint density at radius 3 is 2.59 bits per heavy atom. The van der Waals surface area contributed by atoms with Crippen molar-refractivity contribution in [2.45, 2.75) is 18.6 Å². The maximum Gasteiger partial charge on any atom is 0.420 e. The first-order valence-corrected chi connectivity index (χ1v) is 5.48. The van der Waals surface area contributed by atoms with Gasteiger partial charge in [0.2, 0.25) is 0 Å². The topological polar surface area (TPSA) is 35.2 Å². The monoisotopic (exact) mass is 331 g/mol. The molecule has 17 heavy (non-hydrogen) atoms. The Kier molecular flexibility index (Phi) is 4.33. The molecule has 1 aliphatic heterocycles. The van der Waals surface area contributed by atoms with Crippen molar-refractivity contribution in [3.8, 4) is 5.75 Å². The second kappa shape index (κ2) is 5.04. The Labute approximate surface area is 111 Å². The lowest BCUT2D eigenvalue weighted by molar-refractivity contribution is -0.139. The molecule has 96 valence electrons. The van der Waals surface area contributed by atoms with E-state index in [1.165, 1.54) is 0 Å². The van der Waals surface area contributed by atoms with Gasteiger partial charge in [-0.2, -0.15) is 13.2 Å². The summed E-state index contributed by atoms with van der Waals surface area (Å²) in [7, 11) is 0. The van der Waals surface area contributed by atoms with Crippen molar-refractivity contribution in [2.24, 2.45) is 5.73 Å². The number of halogens is 5. The molecule has 0 fully saturated rings. The molecule has 0 aromatic heterocycles. The van der Waals surface area contributed by atoms with E-state index in [0.29, 0.717) is 16.5 Å². The molecule has 0 saturated carbocycles. The molecule has 2 nitrogen and oxygen atoms in total. The fourth-order valence-electron chi connectivity index (χ4n) is 1.71. The van der Waals surface area contributed by atoms with Gasteiger partial charge in [-0.05, 0) is 12.1 Å². The number of alkyl halides is 3. The molecule has 7 heteroatoms. The molecule has 1 aliphatic rings. The van der Waals surface area contributed by atoms with E-state index in [4.69, 9.17) is 10.5 Å². The number of ether oxygens (including phenoxy) is 1. The Hall–Kier alpha value is -0.460. The second-order valence-corrected chi connectivity index (χ2v) is 4.53. The average molecular weight is 333 g/mol. The quantitative estimate of drug-likeness (QED) is 0.787. The Balaban J connectivity index is 0.00000144. The molecule has 0 radical (unpaired) electrons. The maximum atomic E-state index is 12.7. The van der Waals surface area contributed by atoms with E-state index >= 15 is 0 Å². The van der Waals surface area contributed by atoms with Crippen molar-refractivity contribution >= 4 is 28.3 Å². The number of fused-ring (bicyclic) bond motifs is 1. The molecule has 1 aromatic rings. The summed E-state index contributed by atoms with van der Waals surface area (Å²) in [5, 5.41) is 0. The first kappa shape index (κ1) is 14.6. The van der Waals surface area contributed by atoms with Crippen LogP contribution >= 0.6 is 28.3 Å². The van der Waals surface area contributed by atoms with E-state index in [0.717, 1.165) is 6.07 Å². The van der Waals surface area contributed by atoms with Gasteiger partial charge in [0, 0.05) is 22.5 Å². The maximum absolute atomic E-state index is 12.7. The molecular weight excluding hydrogens is 322 g/mol. The van der Waals surface area contributed by atoms with E-state index in [2.05, 4.69) is 15.9 Å². The molecule has 2 rings (SSSR count). The summed E-state index contributed by atoms with van der Waals surface area (Å²) in [5.74, 6) is -0.130. The van der Waals surface area contributed by atoms with Crippen LogP contribution in [0.3, 0.4) is 0 Å². The van der Waals surface area contributed by atoms with Crippen LogP contribution in [-0.2, 0) is 6.18 Å². The molecule has 1 heterocycles. The summed E-state index contributed by atoms with van der Waals surface area (Å²) in [4.78, 5) is 0. The van der Waals surface area contributed by atoms with Gasteiger partial charge in [0.05, 0.1) is 12.2 Å². The zero-order valence-electron chi connectivity index (χ0n) is 8.55. The Morgan fingerprint density at radius 1 is 1.35 bits per heavy atom. The number of hydrogen-bond donors (Lipinski definition) is 1. The molecular formula is C10H10BrClF3NO. The number of hydrogen-bond acceptors (Lipinski definition) is 2. The van der Waals surface area contributed by atoms with Gasteiger partial charge in [-0.3, -0.25) is 0 Å². The zero-order valence-corrected chi connectivity index (χ0v) is 11.0. The molecule has 0 bridgehead atoms. The summed E-state index contributed by atoms with van der Waals surface area (Å²) in [5.41, 5.74) is 5.40. The van der Waals surface area contributed by atoms with Gasteiger partial charge >= 0.3 is 6.18 Å². The van der Waals surface area contributed by atoms with Crippen LogP contribution in [0, 0.1) is 0 Å². The Morgan fingerprint density at radius 2 is 2.00 bits per heavy atom. The number of rotatable bonds is 0. The minimum atomic E-state index is -4.43. The van der Waals surface area contributed by atoms with Gasteiger partial charge in [-0.25, -0.2) is 0 Å². The summed E-state index contributed by atoms with van der Waals surface area (Å²) in [6, 6.07) is 2.19. The van der Waals surface area contributed by atoms with Crippen LogP contribution in [0.5, 0.6) is 5.75 Å². The predicted octanol–water partition coefficient (Wildman–Crippen LogP) is 3.67. The first-order valence-electron chi connectivity index (χ1n) is 4.68. The lowest BCUT2D eigenvalue weighted by Gasteiger charge is -2.26. The van der Waals surface area contributed by atoms with E-state index in [-0.39, 0.29) is 24.8 Å². The van der Waals surface area contributed by atoms with Gasteiger partial charge in [0.1, 0.15) is 5.75 Å². The number of benzene rings is 1. The van der Waals surface area contributed by atoms with Crippen LogP contribution in [0.4, 0.5) is 13.2 Å². The van der Waals surface area contributed by atoms with Crippen molar-refractivity contribution in [3.63, 3.8) is 0 Å². The number of nitrogens with two attached hydrogens (primary N) is 1. The fourth-order valence-corrected chi connectivity index (χ4v) is 2.18. The first-order chi connectivity index (χ1) is 7.39. The van der Waals surface area contributed by atoms with E-state index < -0.39 is 17.8 Å². The molecule has 0 unspecified atom stereocenters. The van der Waals surface area contributed by atoms with Crippen LogP contribution in [-0.4, -0.2) is 6.61 Å². The van der Waals surface area contributed by atoms with E-state index in [9.17, 15) is 13.2 Å². The minimum absolute atomic E-state index is 0. The molecule has 1 aromatic carbocycles. The van der Waals surface area contributed by atoms with Gasteiger partial charge in [0.15, 0.2) is 0 Å². The molecule has 0 amide bonds. The standard InChI is InChI=1S/C10H9BrF3NO.ClH/c11-5-3-6-8(15)1-2-16-9(6)7(4-5)10(12,13)14;/h3-4,8H,1-2,15H2;1H/t8-;/m0./s1. The summed E-state index contributed by atoms with van der Waals surface area (Å²) in [6.45, 7) is 0.221. The van der Waals surface area contributed by atoms with Crippen LogP contribution in [0.25, 0.3) is 0 Å². The van der Waals surface area contributed by atoms with Crippen LogP contribution < -0.4 is 10.5 Å². The third-order valence-corrected chi connectivity index (χ3v) is 2.92. The van der Waals surface area contributed by atoms with Gasteiger partial charge < -0.3 is 10.5 Å². The summed E-state index contributed by atoms with van der Waals surface area (Å²) < 4.78 is 43.7. The smallest absolute Gasteiger partial charge is 0.420 e. The second-order valence-electron chi connectivity index (χ2n) is 3.61. The van der Waals surface area contributed by atoms with Crippen LogP contribution in [0.15, 0.2) is 16.6 Å². The fraction of sp³-hybridized carbons (Fsp3) is 0.400. The molecule has 0 spiro atoms. The predicted molar refractivity (Wildman–Crippen MR) is 63.4 cm³/mol. The largest absolute Gasteiger partial charge is 0.493 e. The van der Waals surface area contributed by atoms with Crippen molar-refractivity contribution in [1.29, 1.82) is 0 Å². The third kappa shape index (κ3) is 2.86. The molecule has 2 N–H and O–H groups in total. The highest BCUT2D eigenvalue weighted by Gasteiger charge is 2.37. The van der Waals surface area contributed by atoms with Gasteiger partial charge in [-0.15, -0.1) is 12.4 Å². The zero-order chi connectivity index (χ0) is 11.9. The molecule has 1 atom stereocenters. The third-order valence-electron chi connectivity index (χ3n) is 2.46. The van der Waals surface area contributed by atoms with Crippen LogP contribution in [0.2, 0.25) is 0 Å². The lowest BCUT2D eigenvalue weighted by atomic mass is 9.98. The Bertz CT molecular complexity index is 425. The van der Waals surface area contributed by atoms with Gasteiger partial charge in [0.25, 0.3) is 0 Å². The van der Waals surface area contributed by atoms with Crippen molar-refractivity contribution in [3.05, 3.63) is 27.7 Å². The van der Waals surface area contributed by atoms with E-state index in [1.54, 1.807) is 6.07 Å². The lowest BCUT2D eigenvalue weighted by Crippen LogP contribution is -2.23. The minimum Gasteiger partial charge on any atom is -0.493 e. The highest BCUT2D eigenvalue weighted by Crippen LogP contribution is 2.43. The summed E-state index contributed by atoms with van der Waals surface area (Å²) >= 11 is 3.05. The van der Waals surface area contributed by atoms with E-state index in [1.807, 2.05) is 0 Å².